The normalized spacial score (nSPS) is 29.6. The first kappa shape index (κ1) is 25.4. The van der Waals surface area contributed by atoms with Crippen LogP contribution in [0.4, 0.5) is 0 Å². The molecule has 10 heteroatoms. The van der Waals surface area contributed by atoms with Gasteiger partial charge in [0.25, 0.3) is 10.1 Å². The van der Waals surface area contributed by atoms with Crippen LogP contribution in [0.25, 0.3) is 0 Å². The molecule has 2 aliphatic heterocycles. The molecule has 0 unspecified atom stereocenters. The van der Waals surface area contributed by atoms with Crippen molar-refractivity contribution in [3.8, 4) is 11.5 Å². The fraction of sp³-hybridized carbons (Fsp3) is 0.407. The molecule has 0 radical (unpaired) electrons. The zero-order valence-corrected chi connectivity index (χ0v) is 21.1. The van der Waals surface area contributed by atoms with Crippen molar-refractivity contribution in [2.75, 3.05) is 6.61 Å². The van der Waals surface area contributed by atoms with E-state index >= 15 is 0 Å². The van der Waals surface area contributed by atoms with E-state index in [9.17, 15) is 23.1 Å². The fourth-order valence-electron chi connectivity index (χ4n) is 5.52. The minimum atomic E-state index is -4.10. The highest BCUT2D eigenvalue weighted by Crippen LogP contribution is 2.53. The van der Waals surface area contributed by atoms with Crippen LogP contribution >= 0.6 is 0 Å². The van der Waals surface area contributed by atoms with Gasteiger partial charge in [-0.1, -0.05) is 30.4 Å². The Kier molecular flexibility index (Phi) is 6.59. The Balaban J connectivity index is 1.23. The largest absolute Gasteiger partial charge is 0.457 e. The summed E-state index contributed by atoms with van der Waals surface area (Å²) in [6, 6.07) is 14.9. The standard InChI is InChI=1S/C27H29NO8S/c1-26-22(24(30)28-27(26,25(31)36-26)23(29)18-8-4-2-5-9-18)16-17-34-37(32,33)21-14-12-20(13-15-21)35-19-10-6-3-7-11-19/h3-4,6-8,10-15,18,22-23,29H,2,5,9,16-17H2,1H3,(H,28,30)/t18-,22+,23+,26+,27+/m1/s1. The van der Waals surface area contributed by atoms with Crippen LogP contribution in [-0.2, 0) is 28.6 Å². The van der Waals surface area contributed by atoms with Crippen molar-refractivity contribution < 1.29 is 36.8 Å². The molecule has 37 heavy (non-hydrogen) atoms. The number of carbonyl (C=O) groups excluding carboxylic acids is 2. The number of esters is 1. The Bertz CT molecular complexity index is 1310. The van der Waals surface area contributed by atoms with Crippen molar-refractivity contribution in [1.82, 2.24) is 5.32 Å². The van der Waals surface area contributed by atoms with Crippen LogP contribution < -0.4 is 10.1 Å². The van der Waals surface area contributed by atoms with Crippen molar-refractivity contribution in [2.24, 2.45) is 11.8 Å². The summed E-state index contributed by atoms with van der Waals surface area (Å²) < 4.78 is 41.8. The van der Waals surface area contributed by atoms with Crippen molar-refractivity contribution >= 4 is 22.0 Å². The Morgan fingerprint density at radius 2 is 1.81 bits per heavy atom. The number of para-hydroxylation sites is 1. The van der Waals surface area contributed by atoms with Crippen LogP contribution in [0.5, 0.6) is 11.5 Å². The molecule has 3 aliphatic rings. The number of nitrogens with one attached hydrogen (secondary N) is 1. The number of amides is 1. The molecule has 0 saturated carbocycles. The Morgan fingerprint density at radius 1 is 1.11 bits per heavy atom. The first-order valence-electron chi connectivity index (χ1n) is 12.3. The lowest BCUT2D eigenvalue weighted by molar-refractivity contribution is -0.238. The molecule has 2 saturated heterocycles. The van der Waals surface area contributed by atoms with Gasteiger partial charge in [0.15, 0.2) is 5.60 Å². The molecule has 0 aromatic heterocycles. The van der Waals surface area contributed by atoms with E-state index in [4.69, 9.17) is 13.7 Å². The van der Waals surface area contributed by atoms with Gasteiger partial charge in [0, 0.05) is 5.92 Å². The Hall–Kier alpha value is -3.21. The maximum Gasteiger partial charge on any atom is 0.339 e. The molecule has 0 spiro atoms. The van der Waals surface area contributed by atoms with Gasteiger partial charge in [0.2, 0.25) is 11.4 Å². The van der Waals surface area contributed by atoms with E-state index in [1.807, 2.05) is 30.4 Å². The number of aliphatic hydroxyl groups is 1. The molecule has 5 rings (SSSR count). The number of hydrogen-bond donors (Lipinski definition) is 2. The van der Waals surface area contributed by atoms with Crippen LogP contribution in [0.15, 0.2) is 71.6 Å². The SMILES string of the molecule is C[C@@]12OC(=O)[C@]1([C@@H](O)[C@@H]1C=CCCC1)NC(=O)[C@@H]2CCOS(=O)(=O)c1ccc(Oc2ccccc2)cc1. The third kappa shape index (κ3) is 4.32. The predicted molar refractivity (Wildman–Crippen MR) is 132 cm³/mol. The molecular formula is C27H29NO8S. The van der Waals surface area contributed by atoms with E-state index in [0.29, 0.717) is 17.9 Å². The number of carbonyl (C=O) groups is 2. The van der Waals surface area contributed by atoms with Gasteiger partial charge in [0.05, 0.1) is 23.5 Å². The lowest BCUT2D eigenvalue weighted by atomic mass is 9.64. The van der Waals surface area contributed by atoms with Gasteiger partial charge in [-0.2, -0.15) is 8.42 Å². The summed E-state index contributed by atoms with van der Waals surface area (Å²) in [5.41, 5.74) is -2.87. The lowest BCUT2D eigenvalue weighted by Crippen LogP contribution is -2.80. The van der Waals surface area contributed by atoms with E-state index in [-0.39, 0.29) is 23.8 Å². The highest BCUT2D eigenvalue weighted by atomic mass is 32.2. The molecular weight excluding hydrogens is 498 g/mol. The summed E-state index contributed by atoms with van der Waals surface area (Å²) in [6.07, 6.45) is 5.15. The van der Waals surface area contributed by atoms with Crippen molar-refractivity contribution in [3.63, 3.8) is 0 Å². The summed E-state index contributed by atoms with van der Waals surface area (Å²) >= 11 is 0. The minimum Gasteiger partial charge on any atom is -0.457 e. The molecule has 9 nitrogen and oxygen atoms in total. The molecule has 5 atom stereocenters. The topological polar surface area (TPSA) is 128 Å². The number of benzene rings is 2. The van der Waals surface area contributed by atoms with Gasteiger partial charge in [0.1, 0.15) is 11.5 Å². The van der Waals surface area contributed by atoms with Crippen molar-refractivity contribution in [2.45, 2.75) is 54.7 Å². The van der Waals surface area contributed by atoms with Crippen molar-refractivity contribution in [3.05, 3.63) is 66.7 Å². The zero-order valence-electron chi connectivity index (χ0n) is 20.3. The highest BCUT2D eigenvalue weighted by molar-refractivity contribution is 7.86. The number of ether oxygens (including phenoxy) is 2. The van der Waals surface area contributed by atoms with E-state index in [2.05, 4.69) is 5.32 Å². The second-order valence-electron chi connectivity index (χ2n) is 9.77. The van der Waals surface area contributed by atoms with Gasteiger partial charge < -0.3 is 19.9 Å². The molecule has 2 heterocycles. The minimum absolute atomic E-state index is 0.0149. The van der Waals surface area contributed by atoms with Crippen LogP contribution in [0.2, 0.25) is 0 Å². The molecule has 2 aromatic rings. The average molecular weight is 528 g/mol. The quantitative estimate of drug-likeness (QED) is 0.289. The van der Waals surface area contributed by atoms with Gasteiger partial charge >= 0.3 is 5.97 Å². The molecule has 2 N–H and O–H groups in total. The third-order valence-corrected chi connectivity index (χ3v) is 8.92. The molecule has 1 amide bonds. The first-order valence-corrected chi connectivity index (χ1v) is 13.7. The summed E-state index contributed by atoms with van der Waals surface area (Å²) in [7, 11) is -4.10. The maximum absolute atomic E-state index is 12.9. The molecule has 0 bridgehead atoms. The van der Waals surface area contributed by atoms with Gasteiger partial charge in [-0.15, -0.1) is 0 Å². The number of allylic oxidation sites excluding steroid dienone is 1. The summed E-state index contributed by atoms with van der Waals surface area (Å²) in [5, 5.41) is 13.8. The summed E-state index contributed by atoms with van der Waals surface area (Å²) in [4.78, 5) is 25.5. The maximum atomic E-state index is 12.9. The van der Waals surface area contributed by atoms with Crippen molar-refractivity contribution in [1.29, 1.82) is 0 Å². The number of aliphatic hydroxyl groups excluding tert-OH is 1. The fourth-order valence-corrected chi connectivity index (χ4v) is 6.44. The van der Waals surface area contributed by atoms with E-state index in [1.165, 1.54) is 24.3 Å². The summed E-state index contributed by atoms with van der Waals surface area (Å²) in [5.74, 6) is -1.22. The second kappa shape index (κ2) is 9.59. The third-order valence-electron chi connectivity index (χ3n) is 7.59. The number of hydrogen-bond acceptors (Lipinski definition) is 8. The van der Waals surface area contributed by atoms with Crippen LogP contribution in [-0.4, -0.2) is 49.3 Å². The van der Waals surface area contributed by atoms with E-state index in [0.717, 1.165) is 12.8 Å². The zero-order chi connectivity index (χ0) is 26.3. The van der Waals surface area contributed by atoms with Crippen LogP contribution in [0, 0.1) is 11.8 Å². The molecule has 196 valence electrons. The Morgan fingerprint density at radius 3 is 2.46 bits per heavy atom. The highest BCUT2D eigenvalue weighted by Gasteiger charge is 2.79. The first-order chi connectivity index (χ1) is 17.7. The molecule has 2 fully saturated rings. The van der Waals surface area contributed by atoms with Gasteiger partial charge in [-0.05, 0) is 69.0 Å². The smallest absolute Gasteiger partial charge is 0.339 e. The van der Waals surface area contributed by atoms with Crippen LogP contribution in [0.3, 0.4) is 0 Å². The number of rotatable bonds is 9. The van der Waals surface area contributed by atoms with Gasteiger partial charge in [-0.3, -0.25) is 8.98 Å². The van der Waals surface area contributed by atoms with E-state index < -0.39 is 45.2 Å². The van der Waals surface area contributed by atoms with Gasteiger partial charge in [-0.25, -0.2) is 4.79 Å². The molecule has 2 aromatic carbocycles. The van der Waals surface area contributed by atoms with Crippen LogP contribution in [0.1, 0.15) is 32.6 Å². The lowest BCUT2D eigenvalue weighted by Gasteiger charge is -2.54. The predicted octanol–water partition coefficient (Wildman–Crippen LogP) is 3.09. The van der Waals surface area contributed by atoms with E-state index in [1.54, 1.807) is 19.1 Å². The average Bonchev–Trinajstić information content (AvgIpc) is 3.07. The monoisotopic (exact) mass is 527 g/mol. The summed E-state index contributed by atoms with van der Waals surface area (Å²) in [6.45, 7) is 1.30. The Labute approximate surface area is 215 Å². The number of fused-ring (bicyclic) bond motifs is 1. The second-order valence-corrected chi connectivity index (χ2v) is 11.4. The molecule has 1 aliphatic carbocycles.